The summed E-state index contributed by atoms with van der Waals surface area (Å²) in [6.07, 6.45) is 20.1. The third-order valence-electron chi connectivity index (χ3n) is 6.91. The number of hydrogen-bond donors (Lipinski definition) is 1. The van der Waals surface area contributed by atoms with Gasteiger partial charge < -0.3 is 18.9 Å². The van der Waals surface area contributed by atoms with Crippen molar-refractivity contribution in [3.8, 4) is 0 Å². The summed E-state index contributed by atoms with van der Waals surface area (Å²) in [4.78, 5) is 23.7. The average molecular weight is 609 g/mol. The molecule has 0 rings (SSSR count). The number of thioether (sulfide) groups is 1. The molecule has 40 heavy (non-hydrogen) atoms. The van der Waals surface area contributed by atoms with E-state index in [0.717, 1.165) is 25.0 Å². The van der Waals surface area contributed by atoms with Crippen LogP contribution in [-0.4, -0.2) is 47.0 Å². The summed E-state index contributed by atoms with van der Waals surface area (Å²) in [6, 6.07) is 0. The maximum absolute atomic E-state index is 13.1. The minimum atomic E-state index is -4.36. The fourth-order valence-corrected chi connectivity index (χ4v) is 7.04. The molecular weight excluding hydrogens is 543 g/mol. The fraction of sp³-hybridized carbons (Fsp3) is 0.969. The standard InChI is InChI=1S/C32H65O6PS/c1-8-11-13-15-17-18-19-21-23-26-40-29(24-22-20-16-14-12-9-2)28(4)38-31(39(34,35)37-25-10-3)30(33)36-27-32(5,6)7/h28-29,31H,8-27H2,1-7H3,(H,34,35). The monoisotopic (exact) mass is 608 g/mol. The number of ether oxygens (including phenoxy) is 2. The summed E-state index contributed by atoms with van der Waals surface area (Å²) in [7, 11) is -4.36. The van der Waals surface area contributed by atoms with Crippen LogP contribution in [0, 0.1) is 5.41 Å². The lowest BCUT2D eigenvalue weighted by molar-refractivity contribution is -0.158. The lowest BCUT2D eigenvalue weighted by Crippen LogP contribution is -2.36. The second-order valence-corrected chi connectivity index (χ2v) is 15.8. The highest BCUT2D eigenvalue weighted by atomic mass is 32.2. The molecular formula is C32H65O6PS. The van der Waals surface area contributed by atoms with Crippen LogP contribution in [0.25, 0.3) is 0 Å². The molecule has 1 N–H and O–H groups in total. The number of unbranched alkanes of at least 4 members (excludes halogenated alkanes) is 13. The quantitative estimate of drug-likeness (QED) is 0.0564. The second-order valence-electron chi connectivity index (χ2n) is 12.6. The third kappa shape index (κ3) is 21.6. The number of carbonyl (C=O) groups is 1. The Morgan fingerprint density at radius 1 is 0.800 bits per heavy atom. The summed E-state index contributed by atoms with van der Waals surface area (Å²) in [6.45, 7) is 14.3. The number of esters is 1. The molecule has 0 heterocycles. The highest BCUT2D eigenvalue weighted by Crippen LogP contribution is 2.49. The van der Waals surface area contributed by atoms with Crippen molar-refractivity contribution in [1.82, 2.24) is 0 Å². The summed E-state index contributed by atoms with van der Waals surface area (Å²) in [5.74, 6) is -1.41. The van der Waals surface area contributed by atoms with Crippen molar-refractivity contribution in [2.24, 2.45) is 5.41 Å². The van der Waals surface area contributed by atoms with Crippen molar-refractivity contribution >= 4 is 25.3 Å². The molecule has 0 aliphatic rings. The van der Waals surface area contributed by atoms with Gasteiger partial charge in [0.2, 0.25) is 0 Å². The predicted molar refractivity (Wildman–Crippen MR) is 172 cm³/mol. The van der Waals surface area contributed by atoms with Crippen molar-refractivity contribution in [2.45, 2.75) is 175 Å². The molecule has 6 nitrogen and oxygen atoms in total. The second kappa shape index (κ2) is 24.4. The molecule has 0 aromatic rings. The molecule has 0 saturated heterocycles. The molecule has 0 bridgehead atoms. The highest BCUT2D eigenvalue weighted by Gasteiger charge is 2.43. The number of hydrogen-bond acceptors (Lipinski definition) is 6. The van der Waals surface area contributed by atoms with Crippen molar-refractivity contribution in [1.29, 1.82) is 0 Å². The van der Waals surface area contributed by atoms with Crippen molar-refractivity contribution in [2.75, 3.05) is 19.0 Å². The first-order valence-corrected chi connectivity index (χ1v) is 19.1. The van der Waals surface area contributed by atoms with Gasteiger partial charge in [-0.15, -0.1) is 0 Å². The molecule has 0 amide bonds. The van der Waals surface area contributed by atoms with Crippen molar-refractivity contribution < 1.29 is 28.3 Å². The topological polar surface area (TPSA) is 82.1 Å². The van der Waals surface area contributed by atoms with Crippen LogP contribution >= 0.6 is 19.4 Å². The van der Waals surface area contributed by atoms with Crippen molar-refractivity contribution in [3.05, 3.63) is 0 Å². The lowest BCUT2D eigenvalue weighted by atomic mass is 9.99. The van der Waals surface area contributed by atoms with E-state index in [9.17, 15) is 14.3 Å². The van der Waals surface area contributed by atoms with E-state index < -0.39 is 19.4 Å². The Morgan fingerprint density at radius 3 is 1.80 bits per heavy atom. The van der Waals surface area contributed by atoms with E-state index in [0.29, 0.717) is 6.42 Å². The Hall–Kier alpha value is -0.0700. The predicted octanol–water partition coefficient (Wildman–Crippen LogP) is 10.3. The lowest BCUT2D eigenvalue weighted by Gasteiger charge is -2.30. The molecule has 8 heteroatoms. The zero-order valence-corrected chi connectivity index (χ0v) is 28.9. The normalized spacial score (nSPS) is 15.9. The Kier molecular flexibility index (Phi) is 24.3. The van der Waals surface area contributed by atoms with Gasteiger partial charge in [-0.3, -0.25) is 4.57 Å². The summed E-state index contributed by atoms with van der Waals surface area (Å²) < 4.78 is 29.9. The smallest absolute Gasteiger partial charge is 0.368 e. The van der Waals surface area contributed by atoms with E-state index in [2.05, 4.69) is 13.8 Å². The highest BCUT2D eigenvalue weighted by molar-refractivity contribution is 7.99. The Bertz CT molecular complexity index is 654. The van der Waals surface area contributed by atoms with Gasteiger partial charge in [-0.2, -0.15) is 11.8 Å². The van der Waals surface area contributed by atoms with Gasteiger partial charge in [-0.25, -0.2) is 4.79 Å². The minimum absolute atomic E-state index is 0.0864. The average Bonchev–Trinajstić information content (AvgIpc) is 2.90. The number of rotatable bonds is 27. The van der Waals surface area contributed by atoms with E-state index in [1.807, 2.05) is 46.4 Å². The van der Waals surface area contributed by atoms with Gasteiger partial charge in [0.05, 0.1) is 19.3 Å². The summed E-state index contributed by atoms with van der Waals surface area (Å²) in [5, 5.41) is 0.143. The SMILES string of the molecule is CCCCCCCCCCCSC(CCCCCCCC)C(C)OC(C(=O)OCC(C)(C)C)P(=O)(O)OCCC. The zero-order chi connectivity index (χ0) is 30.3. The van der Waals surface area contributed by atoms with Gasteiger partial charge in [-0.05, 0) is 37.4 Å². The molecule has 0 fully saturated rings. The van der Waals surface area contributed by atoms with E-state index in [4.69, 9.17) is 14.0 Å². The molecule has 4 unspecified atom stereocenters. The maximum Gasteiger partial charge on any atom is 0.368 e. The molecule has 0 aromatic heterocycles. The fourth-order valence-electron chi connectivity index (χ4n) is 4.43. The van der Waals surface area contributed by atoms with Crippen LogP contribution in [0.5, 0.6) is 0 Å². The number of carbonyl (C=O) groups excluding carboxylic acids is 1. The van der Waals surface area contributed by atoms with Crippen LogP contribution < -0.4 is 0 Å². The Labute approximate surface area is 252 Å². The summed E-state index contributed by atoms with van der Waals surface area (Å²) >= 11 is 1.88. The molecule has 0 saturated carbocycles. The first-order chi connectivity index (χ1) is 19.0. The van der Waals surface area contributed by atoms with Gasteiger partial charge in [0, 0.05) is 5.25 Å². The van der Waals surface area contributed by atoms with Crippen LogP contribution in [0.3, 0.4) is 0 Å². The minimum Gasteiger partial charge on any atom is -0.463 e. The van der Waals surface area contributed by atoms with Gasteiger partial charge in [0.15, 0.2) is 0 Å². The van der Waals surface area contributed by atoms with E-state index >= 15 is 0 Å². The first kappa shape index (κ1) is 39.9. The van der Waals surface area contributed by atoms with E-state index in [-0.39, 0.29) is 30.0 Å². The Morgan fingerprint density at radius 2 is 1.30 bits per heavy atom. The van der Waals surface area contributed by atoms with Gasteiger partial charge in [-0.1, -0.05) is 131 Å². The van der Waals surface area contributed by atoms with Gasteiger partial charge in [0.25, 0.3) is 5.85 Å². The van der Waals surface area contributed by atoms with Crippen LogP contribution in [0.4, 0.5) is 0 Å². The molecule has 0 aromatic carbocycles. The van der Waals surface area contributed by atoms with Crippen LogP contribution in [-0.2, 0) is 23.4 Å². The maximum atomic E-state index is 13.1. The zero-order valence-electron chi connectivity index (χ0n) is 27.2. The van der Waals surface area contributed by atoms with E-state index in [1.165, 1.54) is 83.5 Å². The molecule has 0 radical (unpaired) electrons. The molecule has 0 spiro atoms. The third-order valence-corrected chi connectivity index (χ3v) is 9.96. The molecule has 4 atom stereocenters. The molecule has 0 aliphatic heterocycles. The molecule has 0 aliphatic carbocycles. The van der Waals surface area contributed by atoms with E-state index in [1.54, 1.807) is 0 Å². The van der Waals surface area contributed by atoms with Gasteiger partial charge in [0.1, 0.15) is 0 Å². The Balaban J connectivity index is 5.13. The first-order valence-electron chi connectivity index (χ1n) is 16.4. The van der Waals surface area contributed by atoms with Crippen LogP contribution in [0.15, 0.2) is 0 Å². The summed E-state index contributed by atoms with van der Waals surface area (Å²) in [5.41, 5.74) is -0.263. The molecule has 240 valence electrons. The largest absolute Gasteiger partial charge is 0.463 e. The van der Waals surface area contributed by atoms with Crippen LogP contribution in [0.2, 0.25) is 0 Å². The van der Waals surface area contributed by atoms with Gasteiger partial charge >= 0.3 is 13.6 Å². The van der Waals surface area contributed by atoms with Crippen LogP contribution in [0.1, 0.15) is 158 Å². The van der Waals surface area contributed by atoms with Crippen molar-refractivity contribution in [3.63, 3.8) is 0 Å².